The zero-order valence-corrected chi connectivity index (χ0v) is 16.5. The van der Waals surface area contributed by atoms with Crippen LogP contribution in [0.4, 0.5) is 11.4 Å². The van der Waals surface area contributed by atoms with Crippen LogP contribution in [-0.2, 0) is 11.8 Å². The largest absolute Gasteiger partial charge is 0.325 e. The van der Waals surface area contributed by atoms with Gasteiger partial charge in [-0.2, -0.15) is 0 Å². The Balaban J connectivity index is 1.62. The Kier molecular flexibility index (Phi) is 5.87. The van der Waals surface area contributed by atoms with Crippen LogP contribution >= 0.6 is 27.7 Å². The third-order valence-electron chi connectivity index (χ3n) is 3.64. The lowest BCUT2D eigenvalue weighted by Gasteiger charge is -2.06. The zero-order chi connectivity index (χ0) is 19.4. The van der Waals surface area contributed by atoms with Crippen LogP contribution in [0.3, 0.4) is 0 Å². The van der Waals surface area contributed by atoms with E-state index in [1.807, 2.05) is 35.9 Å². The highest BCUT2D eigenvalue weighted by Gasteiger charge is 2.15. The number of nitrogens with one attached hydrogen (secondary N) is 1. The maximum absolute atomic E-state index is 12.1. The first-order chi connectivity index (χ1) is 13.0. The van der Waals surface area contributed by atoms with Crippen molar-refractivity contribution in [3.05, 3.63) is 63.1 Å². The number of nitrogens with zero attached hydrogens (tertiary/aromatic N) is 4. The molecule has 138 valence electrons. The molecule has 0 fully saturated rings. The van der Waals surface area contributed by atoms with E-state index < -0.39 is 4.92 Å². The minimum absolute atomic E-state index is 0.0268. The summed E-state index contributed by atoms with van der Waals surface area (Å²) >= 11 is 4.75. The summed E-state index contributed by atoms with van der Waals surface area (Å²) in [7, 11) is 1.84. The molecule has 0 unspecified atom stereocenters. The van der Waals surface area contributed by atoms with Crippen molar-refractivity contribution in [2.45, 2.75) is 5.16 Å². The first kappa shape index (κ1) is 19.1. The molecule has 0 aliphatic rings. The second-order valence-corrected chi connectivity index (χ2v) is 7.28. The maximum atomic E-state index is 12.1. The number of hydrogen-bond acceptors (Lipinski definition) is 6. The molecule has 0 bridgehead atoms. The number of amides is 1. The van der Waals surface area contributed by atoms with E-state index in [2.05, 4.69) is 31.4 Å². The molecule has 1 N–H and O–H groups in total. The molecule has 0 saturated carbocycles. The van der Waals surface area contributed by atoms with Crippen LogP contribution in [0.25, 0.3) is 11.4 Å². The molecular weight excluding hydrogens is 434 g/mol. The minimum Gasteiger partial charge on any atom is -0.325 e. The third kappa shape index (κ3) is 4.52. The molecule has 3 rings (SSSR count). The second-order valence-electron chi connectivity index (χ2n) is 5.49. The maximum Gasteiger partial charge on any atom is 0.269 e. The standard InChI is InChI=1S/C17H14BrN5O3S/c1-22-16(13-4-2-3-5-14(13)18)20-21-17(22)27-10-15(24)19-11-6-8-12(9-7-11)23(25)26/h2-9H,10H2,1H3,(H,19,24). The number of rotatable bonds is 6. The second kappa shape index (κ2) is 8.31. The predicted molar refractivity (Wildman–Crippen MR) is 107 cm³/mol. The number of carbonyl (C=O) groups is 1. The molecule has 8 nitrogen and oxygen atoms in total. The normalized spacial score (nSPS) is 10.6. The Morgan fingerprint density at radius 2 is 1.93 bits per heavy atom. The number of benzene rings is 2. The van der Waals surface area contributed by atoms with E-state index in [0.717, 1.165) is 10.0 Å². The molecule has 10 heteroatoms. The van der Waals surface area contributed by atoms with Gasteiger partial charge >= 0.3 is 0 Å². The molecule has 0 spiro atoms. The Bertz CT molecular complexity index is 990. The highest BCUT2D eigenvalue weighted by Crippen LogP contribution is 2.28. The van der Waals surface area contributed by atoms with Gasteiger partial charge in [0.2, 0.25) is 5.91 Å². The van der Waals surface area contributed by atoms with Crippen LogP contribution in [0.2, 0.25) is 0 Å². The Labute approximate surface area is 167 Å². The number of carbonyl (C=O) groups excluding carboxylic acids is 1. The Hall–Kier alpha value is -2.72. The molecule has 27 heavy (non-hydrogen) atoms. The summed E-state index contributed by atoms with van der Waals surface area (Å²) in [5.74, 6) is 0.596. The third-order valence-corrected chi connectivity index (χ3v) is 5.36. The summed E-state index contributed by atoms with van der Waals surface area (Å²) < 4.78 is 2.73. The molecule has 0 radical (unpaired) electrons. The summed E-state index contributed by atoms with van der Waals surface area (Å²) in [5, 5.41) is 22.3. The molecule has 0 saturated heterocycles. The molecule has 3 aromatic rings. The number of anilines is 1. The lowest BCUT2D eigenvalue weighted by atomic mass is 10.2. The summed E-state index contributed by atoms with van der Waals surface area (Å²) in [6.45, 7) is 0. The smallest absolute Gasteiger partial charge is 0.269 e. The van der Waals surface area contributed by atoms with Gasteiger partial charge in [0.25, 0.3) is 5.69 Å². The van der Waals surface area contributed by atoms with Gasteiger partial charge in [0.15, 0.2) is 11.0 Å². The quantitative estimate of drug-likeness (QED) is 0.349. The average Bonchev–Trinajstić information content (AvgIpc) is 3.01. The number of nitro benzene ring substituents is 1. The van der Waals surface area contributed by atoms with Crippen LogP contribution in [0.5, 0.6) is 0 Å². The first-order valence-electron chi connectivity index (χ1n) is 7.77. The van der Waals surface area contributed by atoms with Gasteiger partial charge in [0, 0.05) is 34.9 Å². The van der Waals surface area contributed by atoms with Gasteiger partial charge in [-0.25, -0.2) is 0 Å². The van der Waals surface area contributed by atoms with Crippen molar-refractivity contribution in [3.63, 3.8) is 0 Å². The van der Waals surface area contributed by atoms with Gasteiger partial charge < -0.3 is 9.88 Å². The molecular formula is C17H14BrN5O3S. The molecule has 2 aromatic carbocycles. The number of thioether (sulfide) groups is 1. The first-order valence-corrected chi connectivity index (χ1v) is 9.55. The monoisotopic (exact) mass is 447 g/mol. The van der Waals surface area contributed by atoms with E-state index in [0.29, 0.717) is 16.7 Å². The molecule has 1 aromatic heterocycles. The molecule has 0 aliphatic carbocycles. The van der Waals surface area contributed by atoms with E-state index in [-0.39, 0.29) is 17.3 Å². The van der Waals surface area contributed by atoms with E-state index in [1.54, 1.807) is 0 Å². The van der Waals surface area contributed by atoms with Gasteiger partial charge in [-0.1, -0.05) is 45.9 Å². The number of aromatic nitrogens is 3. The van der Waals surface area contributed by atoms with Crippen molar-refractivity contribution in [2.75, 3.05) is 11.1 Å². The van der Waals surface area contributed by atoms with Crippen LogP contribution < -0.4 is 5.32 Å². The molecule has 1 amide bonds. The van der Waals surface area contributed by atoms with Gasteiger partial charge in [-0.3, -0.25) is 14.9 Å². The van der Waals surface area contributed by atoms with Crippen molar-refractivity contribution < 1.29 is 9.72 Å². The summed E-state index contributed by atoms with van der Waals surface area (Å²) in [5.41, 5.74) is 1.38. The summed E-state index contributed by atoms with van der Waals surface area (Å²) in [4.78, 5) is 22.3. The number of hydrogen-bond donors (Lipinski definition) is 1. The van der Waals surface area contributed by atoms with Crippen molar-refractivity contribution in [3.8, 4) is 11.4 Å². The SMILES string of the molecule is Cn1c(SCC(=O)Nc2ccc([N+](=O)[O-])cc2)nnc1-c1ccccc1Br. The Morgan fingerprint density at radius 3 is 2.59 bits per heavy atom. The van der Waals surface area contributed by atoms with Crippen LogP contribution in [0.15, 0.2) is 58.2 Å². The Morgan fingerprint density at radius 1 is 1.22 bits per heavy atom. The topological polar surface area (TPSA) is 103 Å². The fraction of sp³-hybridized carbons (Fsp3) is 0.118. The molecule has 1 heterocycles. The molecule has 0 atom stereocenters. The van der Waals surface area contributed by atoms with Crippen molar-refractivity contribution in [1.29, 1.82) is 0 Å². The van der Waals surface area contributed by atoms with Crippen molar-refractivity contribution >= 4 is 45.0 Å². The highest BCUT2D eigenvalue weighted by molar-refractivity contribution is 9.10. The van der Waals surface area contributed by atoms with Crippen molar-refractivity contribution in [1.82, 2.24) is 14.8 Å². The lowest BCUT2D eigenvalue weighted by molar-refractivity contribution is -0.384. The minimum atomic E-state index is -0.488. The van der Waals surface area contributed by atoms with E-state index in [1.165, 1.54) is 36.0 Å². The van der Waals surface area contributed by atoms with E-state index in [9.17, 15) is 14.9 Å². The average molecular weight is 448 g/mol. The number of non-ortho nitro benzene ring substituents is 1. The van der Waals surface area contributed by atoms with Gasteiger partial charge in [0.1, 0.15) is 0 Å². The summed E-state index contributed by atoms with van der Waals surface area (Å²) in [6, 6.07) is 13.4. The van der Waals surface area contributed by atoms with Gasteiger partial charge in [-0.05, 0) is 18.2 Å². The zero-order valence-electron chi connectivity index (χ0n) is 14.1. The highest BCUT2D eigenvalue weighted by atomic mass is 79.9. The van der Waals surface area contributed by atoms with Crippen molar-refractivity contribution in [2.24, 2.45) is 7.05 Å². The lowest BCUT2D eigenvalue weighted by Crippen LogP contribution is -2.14. The van der Waals surface area contributed by atoms with Crippen LogP contribution in [0, 0.1) is 10.1 Å². The fourth-order valence-corrected chi connectivity index (χ4v) is 3.48. The van der Waals surface area contributed by atoms with E-state index in [4.69, 9.17) is 0 Å². The van der Waals surface area contributed by atoms with E-state index >= 15 is 0 Å². The van der Waals surface area contributed by atoms with Crippen LogP contribution in [-0.4, -0.2) is 31.3 Å². The van der Waals surface area contributed by atoms with Gasteiger partial charge in [-0.15, -0.1) is 10.2 Å². The van der Waals surface area contributed by atoms with Crippen LogP contribution in [0.1, 0.15) is 0 Å². The fourth-order valence-electron chi connectivity index (χ4n) is 2.31. The predicted octanol–water partition coefficient (Wildman–Crippen LogP) is 3.88. The van der Waals surface area contributed by atoms with Gasteiger partial charge in [0.05, 0.1) is 10.7 Å². The number of halogens is 1. The number of nitro groups is 1. The summed E-state index contributed by atoms with van der Waals surface area (Å²) in [6.07, 6.45) is 0. The molecule has 0 aliphatic heterocycles.